The standard InChI is InChI=1S/C65H114O6/c1-4-7-10-13-16-19-22-25-28-31-32-35-37-40-43-46-49-52-55-58-64(67)70-61-62(71-65(68)59-56-53-50-47-44-41-38-34-30-27-24-21-18-15-12-9-6-3)60-69-63(66)57-54-51-48-45-42-39-36-33-29-26-23-20-17-14-11-8-5-2/h16-22,25-27,29-30,62H,4-15,23-24,28,31-61H2,1-3H3/b19-16-,20-17-,21-18-,25-22-,29-26-,30-27-. The van der Waals surface area contributed by atoms with Crippen LogP contribution in [0.4, 0.5) is 0 Å². The fraction of sp³-hybridized carbons (Fsp3) is 0.769. The Morgan fingerprint density at radius 1 is 0.296 bits per heavy atom. The van der Waals surface area contributed by atoms with E-state index in [1.807, 2.05) is 0 Å². The van der Waals surface area contributed by atoms with E-state index in [0.717, 1.165) is 83.5 Å². The molecule has 0 aromatic heterocycles. The molecule has 71 heavy (non-hydrogen) atoms. The topological polar surface area (TPSA) is 78.9 Å². The molecule has 0 amide bonds. The summed E-state index contributed by atoms with van der Waals surface area (Å²) in [5, 5.41) is 0. The van der Waals surface area contributed by atoms with Crippen LogP contribution >= 0.6 is 0 Å². The van der Waals surface area contributed by atoms with Crippen molar-refractivity contribution in [3.05, 3.63) is 72.9 Å². The third-order valence-electron chi connectivity index (χ3n) is 13.2. The second-order valence-electron chi connectivity index (χ2n) is 20.3. The Bertz CT molecular complexity index is 1320. The van der Waals surface area contributed by atoms with Crippen molar-refractivity contribution in [2.24, 2.45) is 0 Å². The van der Waals surface area contributed by atoms with Crippen LogP contribution < -0.4 is 0 Å². The van der Waals surface area contributed by atoms with Crippen molar-refractivity contribution >= 4 is 17.9 Å². The molecular formula is C65H114O6. The van der Waals surface area contributed by atoms with E-state index in [1.54, 1.807) is 0 Å². The molecule has 0 radical (unpaired) electrons. The minimum atomic E-state index is -0.785. The van der Waals surface area contributed by atoms with E-state index in [0.29, 0.717) is 19.3 Å². The molecule has 0 aromatic rings. The molecule has 0 saturated heterocycles. The van der Waals surface area contributed by atoms with Gasteiger partial charge in [0.25, 0.3) is 0 Å². The Morgan fingerprint density at radius 3 is 0.859 bits per heavy atom. The predicted molar refractivity (Wildman–Crippen MR) is 307 cm³/mol. The van der Waals surface area contributed by atoms with Gasteiger partial charge in [-0.1, -0.05) is 248 Å². The van der Waals surface area contributed by atoms with Gasteiger partial charge in [-0.3, -0.25) is 14.4 Å². The summed E-state index contributed by atoms with van der Waals surface area (Å²) >= 11 is 0. The van der Waals surface area contributed by atoms with E-state index < -0.39 is 6.10 Å². The Labute approximate surface area is 440 Å². The molecule has 1 unspecified atom stereocenters. The Morgan fingerprint density at radius 2 is 0.549 bits per heavy atom. The second kappa shape index (κ2) is 59.4. The van der Waals surface area contributed by atoms with E-state index in [1.165, 1.54) is 180 Å². The maximum absolute atomic E-state index is 12.9. The van der Waals surface area contributed by atoms with Crippen LogP contribution in [0.5, 0.6) is 0 Å². The number of esters is 3. The van der Waals surface area contributed by atoms with Gasteiger partial charge < -0.3 is 14.2 Å². The number of carbonyl (C=O) groups excluding carboxylic acids is 3. The van der Waals surface area contributed by atoms with Gasteiger partial charge in [-0.15, -0.1) is 0 Å². The molecule has 0 saturated carbocycles. The molecule has 6 nitrogen and oxygen atoms in total. The molecule has 0 fully saturated rings. The van der Waals surface area contributed by atoms with Gasteiger partial charge in [0.1, 0.15) is 13.2 Å². The van der Waals surface area contributed by atoms with Crippen LogP contribution in [0.1, 0.15) is 303 Å². The molecule has 410 valence electrons. The molecule has 0 aliphatic rings. The van der Waals surface area contributed by atoms with Crippen molar-refractivity contribution in [3.63, 3.8) is 0 Å². The van der Waals surface area contributed by atoms with Gasteiger partial charge in [0, 0.05) is 19.3 Å². The van der Waals surface area contributed by atoms with Gasteiger partial charge in [-0.2, -0.15) is 0 Å². The summed E-state index contributed by atoms with van der Waals surface area (Å²) in [5.74, 6) is -0.890. The zero-order chi connectivity index (χ0) is 51.4. The van der Waals surface area contributed by atoms with Crippen LogP contribution in [0.25, 0.3) is 0 Å². The van der Waals surface area contributed by atoms with Crippen molar-refractivity contribution in [3.8, 4) is 0 Å². The fourth-order valence-electron chi connectivity index (χ4n) is 8.55. The van der Waals surface area contributed by atoms with Crippen molar-refractivity contribution < 1.29 is 28.6 Å². The van der Waals surface area contributed by atoms with Gasteiger partial charge in [0.15, 0.2) is 6.10 Å². The lowest BCUT2D eigenvalue weighted by atomic mass is 10.1. The highest BCUT2D eigenvalue weighted by molar-refractivity contribution is 5.71. The number of hydrogen-bond acceptors (Lipinski definition) is 6. The van der Waals surface area contributed by atoms with E-state index >= 15 is 0 Å². The third kappa shape index (κ3) is 57.6. The lowest BCUT2D eigenvalue weighted by Crippen LogP contribution is -2.30. The molecule has 0 aliphatic heterocycles. The molecule has 6 heteroatoms. The first-order valence-corrected chi connectivity index (χ1v) is 30.5. The minimum Gasteiger partial charge on any atom is -0.462 e. The number of unbranched alkanes of at least 4 members (excludes halogenated alkanes) is 33. The number of hydrogen-bond donors (Lipinski definition) is 0. The van der Waals surface area contributed by atoms with Crippen molar-refractivity contribution in [1.82, 2.24) is 0 Å². The molecule has 0 aromatic carbocycles. The first-order chi connectivity index (χ1) is 35.0. The smallest absolute Gasteiger partial charge is 0.306 e. The molecule has 0 bridgehead atoms. The molecule has 1 atom stereocenters. The van der Waals surface area contributed by atoms with Crippen LogP contribution in [0.15, 0.2) is 72.9 Å². The lowest BCUT2D eigenvalue weighted by molar-refractivity contribution is -0.167. The number of ether oxygens (including phenoxy) is 3. The van der Waals surface area contributed by atoms with Crippen molar-refractivity contribution in [1.29, 1.82) is 0 Å². The van der Waals surface area contributed by atoms with Gasteiger partial charge in [0.2, 0.25) is 0 Å². The first-order valence-electron chi connectivity index (χ1n) is 30.5. The lowest BCUT2D eigenvalue weighted by Gasteiger charge is -2.18. The zero-order valence-corrected chi connectivity index (χ0v) is 47.0. The first kappa shape index (κ1) is 67.8. The van der Waals surface area contributed by atoms with E-state index in [-0.39, 0.29) is 31.1 Å². The average Bonchev–Trinajstić information content (AvgIpc) is 3.37. The highest BCUT2D eigenvalue weighted by Gasteiger charge is 2.19. The van der Waals surface area contributed by atoms with Gasteiger partial charge in [0.05, 0.1) is 0 Å². The Hall–Kier alpha value is -3.15. The SMILES string of the molecule is CCCCC/C=C\C=C/CCCCCCCCCCCCC(=O)OCC(COC(=O)CCCCCCCCC/C=C\C/C=C\CCCCC)OC(=O)CCCCCCCCC/C=C\C/C=C\CCCCC. The predicted octanol–water partition coefficient (Wildman–Crippen LogP) is 20.5. The number of allylic oxidation sites excluding steroid dienone is 12. The van der Waals surface area contributed by atoms with Crippen molar-refractivity contribution in [2.45, 2.75) is 309 Å². The molecule has 0 rings (SSSR count). The Balaban J connectivity index is 4.40. The summed E-state index contributed by atoms with van der Waals surface area (Å²) in [7, 11) is 0. The zero-order valence-electron chi connectivity index (χ0n) is 47.0. The summed E-state index contributed by atoms with van der Waals surface area (Å²) < 4.78 is 16.9. The normalized spacial score (nSPS) is 12.5. The quantitative estimate of drug-likeness (QED) is 0.0199. The maximum atomic E-state index is 12.9. The second-order valence-corrected chi connectivity index (χ2v) is 20.3. The van der Waals surface area contributed by atoms with Crippen molar-refractivity contribution in [2.75, 3.05) is 13.2 Å². The molecule has 0 spiro atoms. The van der Waals surface area contributed by atoms with E-state index in [2.05, 4.69) is 93.7 Å². The average molecular weight is 992 g/mol. The highest BCUT2D eigenvalue weighted by Crippen LogP contribution is 2.16. The van der Waals surface area contributed by atoms with Crippen LogP contribution in [0, 0.1) is 0 Å². The maximum Gasteiger partial charge on any atom is 0.306 e. The summed E-state index contributed by atoms with van der Waals surface area (Å²) in [6, 6.07) is 0. The summed E-state index contributed by atoms with van der Waals surface area (Å²) in [6.07, 6.45) is 76.0. The van der Waals surface area contributed by atoms with Gasteiger partial charge >= 0.3 is 17.9 Å². The largest absolute Gasteiger partial charge is 0.462 e. The molecule has 0 aliphatic carbocycles. The van der Waals surface area contributed by atoms with Gasteiger partial charge in [-0.05, 0) is 109 Å². The van der Waals surface area contributed by atoms with Crippen LogP contribution in [-0.2, 0) is 28.6 Å². The summed E-state index contributed by atoms with van der Waals surface area (Å²) in [4.78, 5) is 38.3. The highest BCUT2D eigenvalue weighted by atomic mass is 16.6. The molecule has 0 N–H and O–H groups in total. The van der Waals surface area contributed by atoms with E-state index in [9.17, 15) is 14.4 Å². The van der Waals surface area contributed by atoms with Gasteiger partial charge in [-0.25, -0.2) is 0 Å². The number of rotatable bonds is 55. The van der Waals surface area contributed by atoms with Crippen LogP contribution in [0.3, 0.4) is 0 Å². The van der Waals surface area contributed by atoms with E-state index in [4.69, 9.17) is 14.2 Å². The Kier molecular flexibility index (Phi) is 56.8. The minimum absolute atomic E-state index is 0.0821. The molecular weight excluding hydrogens is 877 g/mol. The monoisotopic (exact) mass is 991 g/mol. The van der Waals surface area contributed by atoms with Crippen LogP contribution in [-0.4, -0.2) is 37.2 Å². The summed E-state index contributed by atoms with van der Waals surface area (Å²) in [5.41, 5.74) is 0. The molecule has 0 heterocycles. The fourth-order valence-corrected chi connectivity index (χ4v) is 8.55. The third-order valence-corrected chi connectivity index (χ3v) is 13.2. The summed E-state index contributed by atoms with van der Waals surface area (Å²) in [6.45, 7) is 6.57. The van der Waals surface area contributed by atoms with Crippen LogP contribution in [0.2, 0.25) is 0 Å². The number of carbonyl (C=O) groups is 3.